The molecule has 1 aromatic heterocycles. The summed E-state index contributed by atoms with van der Waals surface area (Å²) in [4.78, 5) is 16.0. The van der Waals surface area contributed by atoms with Gasteiger partial charge in [0.2, 0.25) is 0 Å². The van der Waals surface area contributed by atoms with Crippen molar-refractivity contribution in [2.75, 3.05) is 0 Å². The van der Waals surface area contributed by atoms with Crippen molar-refractivity contribution < 1.29 is 4.74 Å². The van der Waals surface area contributed by atoms with Crippen molar-refractivity contribution in [3.05, 3.63) is 94.1 Å². The number of benzene rings is 3. The van der Waals surface area contributed by atoms with Gasteiger partial charge < -0.3 is 9.72 Å². The summed E-state index contributed by atoms with van der Waals surface area (Å²) in [5, 5.41) is 0.716. The van der Waals surface area contributed by atoms with Gasteiger partial charge in [0, 0.05) is 16.5 Å². The van der Waals surface area contributed by atoms with E-state index in [-0.39, 0.29) is 5.43 Å². The number of ether oxygens (including phenoxy) is 1. The first-order valence-corrected chi connectivity index (χ1v) is 8.58. The smallest absolute Gasteiger partial charge is 0.192 e. The van der Waals surface area contributed by atoms with Crippen molar-refractivity contribution >= 4 is 10.9 Å². The normalized spacial score (nSPS) is 10.8. The number of aromatic nitrogens is 1. The fraction of sp³-hybridized carbons (Fsp3) is 0.0870. The van der Waals surface area contributed by atoms with Gasteiger partial charge >= 0.3 is 0 Å². The zero-order valence-electron chi connectivity index (χ0n) is 14.7. The van der Waals surface area contributed by atoms with Gasteiger partial charge in [0.1, 0.15) is 11.5 Å². The standard InChI is InChI=1S/C23H19NO2/c1-15-7-11-18(12-8-15)26-19-13-9-17(10-14-19)22-16(2)23(25)20-5-3-4-6-21(20)24-22/h3-14H,1-2H3,(H,24,25). The Balaban J connectivity index is 1.69. The summed E-state index contributed by atoms with van der Waals surface area (Å²) >= 11 is 0. The van der Waals surface area contributed by atoms with Crippen LogP contribution in [-0.2, 0) is 0 Å². The lowest BCUT2D eigenvalue weighted by Crippen LogP contribution is -2.09. The van der Waals surface area contributed by atoms with E-state index in [4.69, 9.17) is 4.74 Å². The van der Waals surface area contributed by atoms with E-state index in [9.17, 15) is 4.79 Å². The number of nitrogens with one attached hydrogen (secondary N) is 1. The summed E-state index contributed by atoms with van der Waals surface area (Å²) < 4.78 is 5.88. The summed E-state index contributed by atoms with van der Waals surface area (Å²) in [6.07, 6.45) is 0. The van der Waals surface area contributed by atoms with E-state index in [0.29, 0.717) is 5.39 Å². The highest BCUT2D eigenvalue weighted by molar-refractivity contribution is 5.83. The third-order valence-electron chi connectivity index (χ3n) is 4.55. The van der Waals surface area contributed by atoms with Gasteiger partial charge in [-0.1, -0.05) is 29.8 Å². The molecule has 0 bridgehead atoms. The second-order valence-electron chi connectivity index (χ2n) is 6.44. The minimum atomic E-state index is 0.0642. The Morgan fingerprint density at radius 3 is 2.08 bits per heavy atom. The van der Waals surface area contributed by atoms with Crippen LogP contribution < -0.4 is 10.2 Å². The molecule has 0 saturated carbocycles. The van der Waals surface area contributed by atoms with Gasteiger partial charge in [-0.25, -0.2) is 0 Å². The van der Waals surface area contributed by atoms with Crippen molar-refractivity contribution in [3.63, 3.8) is 0 Å². The first kappa shape index (κ1) is 16.2. The summed E-state index contributed by atoms with van der Waals surface area (Å²) in [7, 11) is 0. The minimum absolute atomic E-state index is 0.0642. The lowest BCUT2D eigenvalue weighted by atomic mass is 10.0. The third kappa shape index (κ3) is 3.00. The van der Waals surface area contributed by atoms with Crippen LogP contribution in [0.2, 0.25) is 0 Å². The van der Waals surface area contributed by atoms with Crippen molar-refractivity contribution in [2.24, 2.45) is 0 Å². The van der Waals surface area contributed by atoms with Crippen LogP contribution in [0.15, 0.2) is 77.6 Å². The highest BCUT2D eigenvalue weighted by Gasteiger charge is 2.10. The number of hydrogen-bond donors (Lipinski definition) is 1. The van der Waals surface area contributed by atoms with Gasteiger partial charge in [0.15, 0.2) is 5.43 Å². The van der Waals surface area contributed by atoms with Crippen molar-refractivity contribution in [1.29, 1.82) is 0 Å². The SMILES string of the molecule is Cc1ccc(Oc2ccc(-c3[nH]c4ccccc4c(=O)c3C)cc2)cc1. The number of H-pyrrole nitrogens is 1. The first-order chi connectivity index (χ1) is 12.6. The van der Waals surface area contributed by atoms with Crippen LogP contribution in [0.4, 0.5) is 0 Å². The molecule has 0 radical (unpaired) electrons. The van der Waals surface area contributed by atoms with E-state index in [1.807, 2.05) is 86.6 Å². The number of hydrogen-bond acceptors (Lipinski definition) is 2. The van der Waals surface area contributed by atoms with Crippen LogP contribution in [0.3, 0.4) is 0 Å². The first-order valence-electron chi connectivity index (χ1n) is 8.58. The number of pyridine rings is 1. The van der Waals surface area contributed by atoms with E-state index < -0.39 is 0 Å². The third-order valence-corrected chi connectivity index (χ3v) is 4.55. The highest BCUT2D eigenvalue weighted by Crippen LogP contribution is 2.27. The number of aromatic amines is 1. The second kappa shape index (κ2) is 6.52. The van der Waals surface area contributed by atoms with E-state index in [0.717, 1.165) is 33.8 Å². The lowest BCUT2D eigenvalue weighted by Gasteiger charge is -2.10. The maximum Gasteiger partial charge on any atom is 0.192 e. The maximum atomic E-state index is 12.6. The van der Waals surface area contributed by atoms with Gasteiger partial charge in [0.05, 0.1) is 5.69 Å². The van der Waals surface area contributed by atoms with Gasteiger partial charge in [-0.3, -0.25) is 4.79 Å². The molecular weight excluding hydrogens is 322 g/mol. The summed E-state index contributed by atoms with van der Waals surface area (Å²) in [5.41, 5.74) is 4.63. The predicted octanol–water partition coefficient (Wildman–Crippen LogP) is 5.60. The lowest BCUT2D eigenvalue weighted by molar-refractivity contribution is 0.482. The van der Waals surface area contributed by atoms with Crippen LogP contribution in [-0.4, -0.2) is 4.98 Å². The largest absolute Gasteiger partial charge is 0.457 e. The Kier molecular flexibility index (Phi) is 4.05. The quantitative estimate of drug-likeness (QED) is 0.527. The van der Waals surface area contributed by atoms with Crippen LogP contribution in [0.5, 0.6) is 11.5 Å². The number of fused-ring (bicyclic) bond motifs is 1. The molecule has 0 aliphatic rings. The van der Waals surface area contributed by atoms with Crippen LogP contribution >= 0.6 is 0 Å². The van der Waals surface area contributed by atoms with Gasteiger partial charge in [0.25, 0.3) is 0 Å². The van der Waals surface area contributed by atoms with Gasteiger partial charge in [-0.05, 0) is 67.9 Å². The fourth-order valence-electron chi connectivity index (χ4n) is 3.05. The number of aryl methyl sites for hydroxylation is 1. The predicted molar refractivity (Wildman–Crippen MR) is 106 cm³/mol. The van der Waals surface area contributed by atoms with Crippen LogP contribution in [0.1, 0.15) is 11.1 Å². The molecule has 1 N–H and O–H groups in total. The van der Waals surface area contributed by atoms with E-state index >= 15 is 0 Å². The molecule has 3 heteroatoms. The Hall–Kier alpha value is -3.33. The van der Waals surface area contributed by atoms with Crippen molar-refractivity contribution in [1.82, 2.24) is 4.98 Å². The highest BCUT2D eigenvalue weighted by atomic mass is 16.5. The molecule has 0 atom stereocenters. The second-order valence-corrected chi connectivity index (χ2v) is 6.44. The zero-order chi connectivity index (χ0) is 18.1. The molecule has 128 valence electrons. The Morgan fingerprint density at radius 1 is 0.769 bits per heavy atom. The molecule has 0 aliphatic heterocycles. The molecule has 0 unspecified atom stereocenters. The molecule has 0 spiro atoms. The monoisotopic (exact) mass is 341 g/mol. The molecule has 0 fully saturated rings. The van der Waals surface area contributed by atoms with Crippen molar-refractivity contribution in [3.8, 4) is 22.8 Å². The number of rotatable bonds is 3. The molecule has 0 aliphatic carbocycles. The van der Waals surface area contributed by atoms with Crippen molar-refractivity contribution in [2.45, 2.75) is 13.8 Å². The molecule has 0 saturated heterocycles. The summed E-state index contributed by atoms with van der Waals surface area (Å²) in [6.45, 7) is 3.91. The average Bonchev–Trinajstić information content (AvgIpc) is 2.67. The molecule has 0 amide bonds. The van der Waals surface area contributed by atoms with Gasteiger partial charge in [-0.2, -0.15) is 0 Å². The molecule has 26 heavy (non-hydrogen) atoms. The Bertz CT molecular complexity index is 1120. The van der Waals surface area contributed by atoms with Crippen LogP contribution in [0, 0.1) is 13.8 Å². The topological polar surface area (TPSA) is 42.1 Å². The molecule has 4 aromatic rings. The molecule has 4 rings (SSSR count). The fourth-order valence-corrected chi connectivity index (χ4v) is 3.05. The van der Waals surface area contributed by atoms with E-state index in [1.54, 1.807) is 0 Å². The Labute approximate surface area is 151 Å². The van der Waals surface area contributed by atoms with E-state index in [1.165, 1.54) is 5.56 Å². The average molecular weight is 341 g/mol. The zero-order valence-corrected chi connectivity index (χ0v) is 14.7. The molecule has 3 aromatic carbocycles. The van der Waals surface area contributed by atoms with Gasteiger partial charge in [-0.15, -0.1) is 0 Å². The Morgan fingerprint density at radius 2 is 1.38 bits per heavy atom. The summed E-state index contributed by atoms with van der Waals surface area (Å²) in [6, 6.07) is 23.3. The molecule has 1 heterocycles. The molecule has 3 nitrogen and oxygen atoms in total. The summed E-state index contributed by atoms with van der Waals surface area (Å²) in [5.74, 6) is 1.57. The molecular formula is C23H19NO2. The van der Waals surface area contributed by atoms with Crippen LogP contribution in [0.25, 0.3) is 22.2 Å². The maximum absolute atomic E-state index is 12.6. The number of para-hydroxylation sites is 1. The minimum Gasteiger partial charge on any atom is -0.457 e. The van der Waals surface area contributed by atoms with E-state index in [2.05, 4.69) is 4.98 Å².